The molecule has 0 amide bonds. The van der Waals surface area contributed by atoms with E-state index in [1.165, 1.54) is 0 Å². The third kappa shape index (κ3) is 2.23. The number of anilines is 1. The van der Waals surface area contributed by atoms with Gasteiger partial charge in [0.05, 0.1) is 29.5 Å². The van der Waals surface area contributed by atoms with Crippen molar-refractivity contribution in [3.05, 3.63) is 60.2 Å². The van der Waals surface area contributed by atoms with Crippen LogP contribution in [0, 0.1) is 18.3 Å². The third-order valence-electron chi connectivity index (χ3n) is 3.34. The van der Waals surface area contributed by atoms with E-state index < -0.39 is 0 Å². The van der Waals surface area contributed by atoms with Gasteiger partial charge in [-0.05, 0) is 30.7 Å². The molecule has 0 aliphatic rings. The number of nitrogens with zero attached hydrogens (tertiary/aromatic N) is 4. The van der Waals surface area contributed by atoms with Gasteiger partial charge in [-0.3, -0.25) is 4.57 Å². The van der Waals surface area contributed by atoms with Crippen molar-refractivity contribution >= 4 is 5.82 Å². The quantitative estimate of drug-likeness (QED) is 0.779. The zero-order valence-corrected chi connectivity index (χ0v) is 11.5. The van der Waals surface area contributed by atoms with E-state index in [0.717, 1.165) is 22.5 Å². The number of benzene rings is 1. The smallest absolute Gasteiger partial charge is 0.123 e. The molecule has 1 aromatic carbocycles. The topological polar surface area (TPSA) is 80.5 Å². The van der Waals surface area contributed by atoms with E-state index in [9.17, 15) is 5.26 Å². The van der Waals surface area contributed by atoms with Crippen LogP contribution in [0.3, 0.4) is 0 Å². The van der Waals surface area contributed by atoms with Crippen molar-refractivity contribution in [2.75, 3.05) is 5.73 Å². The summed E-state index contributed by atoms with van der Waals surface area (Å²) in [6.07, 6.45) is 5.14. The molecule has 2 heterocycles. The van der Waals surface area contributed by atoms with Crippen molar-refractivity contribution < 1.29 is 0 Å². The Hall–Kier alpha value is -3.13. The highest BCUT2D eigenvalue weighted by Crippen LogP contribution is 2.25. The normalized spacial score (nSPS) is 10.3. The number of hydrogen-bond acceptors (Lipinski definition) is 4. The third-order valence-corrected chi connectivity index (χ3v) is 3.34. The van der Waals surface area contributed by atoms with Crippen LogP contribution < -0.4 is 5.73 Å². The van der Waals surface area contributed by atoms with Crippen molar-refractivity contribution in [3.8, 4) is 23.0 Å². The minimum Gasteiger partial charge on any atom is -0.384 e. The van der Waals surface area contributed by atoms with Gasteiger partial charge < -0.3 is 5.73 Å². The van der Waals surface area contributed by atoms with Crippen LogP contribution in [0.4, 0.5) is 5.82 Å². The maximum absolute atomic E-state index is 9.38. The van der Waals surface area contributed by atoms with Gasteiger partial charge in [0.25, 0.3) is 0 Å². The van der Waals surface area contributed by atoms with Crippen LogP contribution in [0.2, 0.25) is 0 Å². The molecule has 102 valence electrons. The van der Waals surface area contributed by atoms with Gasteiger partial charge in [-0.2, -0.15) is 5.26 Å². The zero-order valence-electron chi connectivity index (χ0n) is 11.5. The largest absolute Gasteiger partial charge is 0.384 e. The fourth-order valence-electron chi connectivity index (χ4n) is 2.26. The number of aryl methyl sites for hydroxylation is 1. The van der Waals surface area contributed by atoms with Crippen molar-refractivity contribution in [2.24, 2.45) is 0 Å². The lowest BCUT2D eigenvalue weighted by atomic mass is 10.1. The summed E-state index contributed by atoms with van der Waals surface area (Å²) in [4.78, 5) is 8.30. The Balaban J connectivity index is 2.19. The summed E-state index contributed by atoms with van der Waals surface area (Å²) in [6, 6.07) is 11.6. The van der Waals surface area contributed by atoms with Gasteiger partial charge in [0.2, 0.25) is 0 Å². The second-order valence-corrected chi connectivity index (χ2v) is 4.70. The fraction of sp³-hybridized carbons (Fsp3) is 0.0625. The molecule has 0 aliphatic heterocycles. The number of rotatable bonds is 2. The molecule has 3 aromatic rings. The number of nitrogen functional groups attached to an aromatic ring is 1. The Labute approximate surface area is 122 Å². The summed E-state index contributed by atoms with van der Waals surface area (Å²) in [5.74, 6) is 0.470. The molecule has 2 N–H and O–H groups in total. The van der Waals surface area contributed by atoms with Crippen LogP contribution in [0.25, 0.3) is 16.9 Å². The van der Waals surface area contributed by atoms with Gasteiger partial charge in [0.1, 0.15) is 11.9 Å². The van der Waals surface area contributed by atoms with E-state index in [1.807, 2.05) is 35.8 Å². The van der Waals surface area contributed by atoms with Gasteiger partial charge in [-0.15, -0.1) is 0 Å². The average molecular weight is 275 g/mol. The first-order valence-corrected chi connectivity index (χ1v) is 6.45. The number of nitriles is 1. The number of hydrogen-bond donors (Lipinski definition) is 1. The van der Waals surface area contributed by atoms with Gasteiger partial charge >= 0.3 is 0 Å². The van der Waals surface area contributed by atoms with Crippen LogP contribution in [-0.4, -0.2) is 14.5 Å². The summed E-state index contributed by atoms with van der Waals surface area (Å²) >= 11 is 0. The van der Waals surface area contributed by atoms with Crippen LogP contribution in [0.5, 0.6) is 0 Å². The van der Waals surface area contributed by atoms with E-state index >= 15 is 0 Å². The van der Waals surface area contributed by atoms with E-state index in [4.69, 9.17) is 5.73 Å². The molecule has 0 radical (unpaired) electrons. The molecule has 0 bridgehead atoms. The van der Waals surface area contributed by atoms with E-state index in [-0.39, 0.29) is 0 Å². The van der Waals surface area contributed by atoms with E-state index in [2.05, 4.69) is 16.0 Å². The lowest BCUT2D eigenvalue weighted by Crippen LogP contribution is -2.00. The molecule has 0 fully saturated rings. The molecule has 0 atom stereocenters. The lowest BCUT2D eigenvalue weighted by Gasteiger charge is -2.11. The van der Waals surface area contributed by atoms with Crippen LogP contribution in [-0.2, 0) is 0 Å². The molecule has 21 heavy (non-hydrogen) atoms. The maximum Gasteiger partial charge on any atom is 0.123 e. The summed E-state index contributed by atoms with van der Waals surface area (Å²) < 4.78 is 1.89. The lowest BCUT2D eigenvalue weighted by molar-refractivity contribution is 1.05. The minimum atomic E-state index is 0.470. The molecular weight excluding hydrogens is 262 g/mol. The molecule has 5 nitrogen and oxygen atoms in total. The monoisotopic (exact) mass is 275 g/mol. The van der Waals surface area contributed by atoms with Crippen molar-refractivity contribution in [1.29, 1.82) is 5.26 Å². The molecule has 2 aromatic heterocycles. The van der Waals surface area contributed by atoms with Crippen LogP contribution >= 0.6 is 0 Å². The zero-order chi connectivity index (χ0) is 14.8. The van der Waals surface area contributed by atoms with Gasteiger partial charge in [-0.1, -0.05) is 12.1 Å². The van der Waals surface area contributed by atoms with Gasteiger partial charge in [0, 0.05) is 11.8 Å². The number of imidazole rings is 1. The van der Waals surface area contributed by atoms with E-state index in [1.54, 1.807) is 24.8 Å². The highest BCUT2D eigenvalue weighted by molar-refractivity contribution is 5.64. The Kier molecular flexibility index (Phi) is 3.13. The number of nitrogens with two attached hydrogens (primary N) is 1. The summed E-state index contributed by atoms with van der Waals surface area (Å²) in [5, 5.41) is 9.38. The molecule has 3 rings (SSSR count). The van der Waals surface area contributed by atoms with Crippen LogP contribution in [0.1, 0.15) is 11.1 Å². The fourth-order valence-corrected chi connectivity index (χ4v) is 2.26. The van der Waals surface area contributed by atoms with Crippen molar-refractivity contribution in [2.45, 2.75) is 6.92 Å². The molecule has 0 saturated heterocycles. The Morgan fingerprint density at radius 2 is 2.05 bits per heavy atom. The van der Waals surface area contributed by atoms with Gasteiger partial charge in [0.15, 0.2) is 0 Å². The predicted octanol–water partition coefficient (Wildman–Crippen LogP) is 2.70. The number of aromatic nitrogens is 3. The molecular formula is C16H13N5. The molecule has 0 aliphatic carbocycles. The highest BCUT2D eigenvalue weighted by Gasteiger charge is 2.12. The second kappa shape index (κ2) is 5.10. The first-order chi connectivity index (χ1) is 10.2. The second-order valence-electron chi connectivity index (χ2n) is 4.70. The highest BCUT2D eigenvalue weighted by atomic mass is 15.1. The maximum atomic E-state index is 9.38. The number of pyridine rings is 1. The van der Waals surface area contributed by atoms with E-state index in [0.29, 0.717) is 11.4 Å². The molecule has 0 unspecified atom stereocenters. The standard InChI is InChI=1S/C16H13N5/c1-11-3-2-4-14(13(11)7-17)21-10-19-9-15(21)12-5-6-16(18)20-8-12/h2-6,8-10H,1H3,(H2,18,20). The van der Waals surface area contributed by atoms with Crippen molar-refractivity contribution in [1.82, 2.24) is 14.5 Å². The first-order valence-electron chi connectivity index (χ1n) is 6.45. The average Bonchev–Trinajstić information content (AvgIpc) is 2.97. The first kappa shape index (κ1) is 12.9. The summed E-state index contributed by atoms with van der Waals surface area (Å²) in [5.41, 5.74) is 9.76. The van der Waals surface area contributed by atoms with Crippen LogP contribution in [0.15, 0.2) is 49.1 Å². The minimum absolute atomic E-state index is 0.470. The SMILES string of the molecule is Cc1cccc(-n2cncc2-c2ccc(N)nc2)c1C#N. The summed E-state index contributed by atoms with van der Waals surface area (Å²) in [6.45, 7) is 1.92. The summed E-state index contributed by atoms with van der Waals surface area (Å²) in [7, 11) is 0. The molecule has 5 heteroatoms. The Bertz CT molecular complexity index is 825. The molecule has 0 saturated carbocycles. The van der Waals surface area contributed by atoms with Gasteiger partial charge in [-0.25, -0.2) is 9.97 Å². The molecule has 0 spiro atoms. The van der Waals surface area contributed by atoms with Crippen molar-refractivity contribution in [3.63, 3.8) is 0 Å². The Morgan fingerprint density at radius 1 is 1.19 bits per heavy atom. The predicted molar refractivity (Wildman–Crippen MR) is 80.7 cm³/mol. The Morgan fingerprint density at radius 3 is 2.76 bits per heavy atom.